The number of hydrogen-bond donors (Lipinski definition) is 1. The van der Waals surface area contributed by atoms with Gasteiger partial charge in [-0.05, 0) is 25.8 Å². The summed E-state index contributed by atoms with van der Waals surface area (Å²) in [5, 5.41) is 2.91. The zero-order valence-electron chi connectivity index (χ0n) is 11.5. The van der Waals surface area contributed by atoms with Crippen LogP contribution in [-0.2, 0) is 20.8 Å². The number of carbonyl (C=O) groups excluding carboxylic acids is 1. The van der Waals surface area contributed by atoms with E-state index in [1.807, 2.05) is 44.2 Å². The normalized spacial score (nSPS) is 21.9. The molecule has 4 heteroatoms. The summed E-state index contributed by atoms with van der Waals surface area (Å²) < 4.78 is 11.2. The van der Waals surface area contributed by atoms with Crippen molar-refractivity contribution < 1.29 is 14.3 Å². The molecule has 1 unspecified atom stereocenters. The Morgan fingerprint density at radius 3 is 2.79 bits per heavy atom. The SMILES string of the molecule is CC1(C)OCCC(CC(=O)NCc2ccccc2)O1. The van der Waals surface area contributed by atoms with Crippen LogP contribution < -0.4 is 5.32 Å². The largest absolute Gasteiger partial charge is 0.352 e. The lowest BCUT2D eigenvalue weighted by molar-refractivity contribution is -0.272. The topological polar surface area (TPSA) is 47.6 Å². The Labute approximate surface area is 114 Å². The maximum atomic E-state index is 11.9. The van der Waals surface area contributed by atoms with Crippen molar-refractivity contribution in [3.05, 3.63) is 35.9 Å². The second kappa shape index (κ2) is 6.17. The van der Waals surface area contributed by atoms with Gasteiger partial charge in [-0.25, -0.2) is 0 Å². The molecule has 0 radical (unpaired) electrons. The highest BCUT2D eigenvalue weighted by atomic mass is 16.7. The molecule has 1 heterocycles. The monoisotopic (exact) mass is 263 g/mol. The standard InChI is InChI=1S/C15H21NO3/c1-15(2)18-9-8-13(19-15)10-14(17)16-11-12-6-4-3-5-7-12/h3-7,13H,8-11H2,1-2H3,(H,16,17). The first-order valence-corrected chi connectivity index (χ1v) is 6.67. The molecule has 1 atom stereocenters. The summed E-state index contributed by atoms with van der Waals surface area (Å²) in [6, 6.07) is 9.88. The average Bonchev–Trinajstić information content (AvgIpc) is 2.36. The zero-order chi connectivity index (χ0) is 13.7. The minimum atomic E-state index is -0.581. The smallest absolute Gasteiger partial charge is 0.222 e. The Bertz CT molecular complexity index is 417. The van der Waals surface area contributed by atoms with Crippen LogP contribution in [0.1, 0.15) is 32.3 Å². The number of benzene rings is 1. The van der Waals surface area contributed by atoms with Crippen molar-refractivity contribution in [3.8, 4) is 0 Å². The van der Waals surface area contributed by atoms with Gasteiger partial charge in [-0.1, -0.05) is 30.3 Å². The molecular formula is C15H21NO3. The Morgan fingerprint density at radius 1 is 1.37 bits per heavy atom. The predicted molar refractivity (Wildman–Crippen MR) is 72.4 cm³/mol. The minimum absolute atomic E-state index is 0.0200. The van der Waals surface area contributed by atoms with Crippen LogP contribution >= 0.6 is 0 Å². The van der Waals surface area contributed by atoms with Gasteiger partial charge in [0.2, 0.25) is 5.91 Å². The van der Waals surface area contributed by atoms with Gasteiger partial charge in [-0.15, -0.1) is 0 Å². The number of amides is 1. The molecule has 1 saturated heterocycles. The lowest BCUT2D eigenvalue weighted by Crippen LogP contribution is -2.41. The summed E-state index contributed by atoms with van der Waals surface area (Å²) in [6.07, 6.45) is 1.10. The van der Waals surface area contributed by atoms with E-state index in [1.165, 1.54) is 0 Å². The van der Waals surface area contributed by atoms with Gasteiger partial charge in [0.15, 0.2) is 5.79 Å². The van der Waals surface area contributed by atoms with Crippen LogP contribution in [0.15, 0.2) is 30.3 Å². The Hall–Kier alpha value is -1.39. The molecule has 1 aliphatic heterocycles. The lowest BCUT2D eigenvalue weighted by Gasteiger charge is -2.35. The fraction of sp³-hybridized carbons (Fsp3) is 0.533. The third kappa shape index (κ3) is 4.65. The van der Waals surface area contributed by atoms with Crippen LogP contribution in [0.2, 0.25) is 0 Å². The lowest BCUT2D eigenvalue weighted by atomic mass is 10.1. The molecule has 0 bridgehead atoms. The van der Waals surface area contributed by atoms with E-state index in [4.69, 9.17) is 9.47 Å². The van der Waals surface area contributed by atoms with Gasteiger partial charge >= 0.3 is 0 Å². The van der Waals surface area contributed by atoms with Crippen molar-refractivity contribution >= 4 is 5.91 Å². The van der Waals surface area contributed by atoms with Gasteiger partial charge in [0, 0.05) is 6.54 Å². The second-order valence-electron chi connectivity index (χ2n) is 5.24. The van der Waals surface area contributed by atoms with Crippen molar-refractivity contribution in [2.24, 2.45) is 0 Å². The van der Waals surface area contributed by atoms with E-state index >= 15 is 0 Å². The quantitative estimate of drug-likeness (QED) is 0.906. The van der Waals surface area contributed by atoms with Crippen LogP contribution in [0.3, 0.4) is 0 Å². The van der Waals surface area contributed by atoms with Gasteiger partial charge in [-0.2, -0.15) is 0 Å². The van der Waals surface area contributed by atoms with E-state index in [0.717, 1.165) is 12.0 Å². The summed E-state index contributed by atoms with van der Waals surface area (Å²) in [6.45, 7) is 4.96. The Kier molecular flexibility index (Phi) is 4.56. The first-order chi connectivity index (χ1) is 9.05. The van der Waals surface area contributed by atoms with Gasteiger partial charge < -0.3 is 14.8 Å². The number of hydrogen-bond acceptors (Lipinski definition) is 3. The summed E-state index contributed by atoms with van der Waals surface area (Å²) in [4.78, 5) is 11.9. The maximum Gasteiger partial charge on any atom is 0.222 e. The van der Waals surface area contributed by atoms with Crippen molar-refractivity contribution in [1.82, 2.24) is 5.32 Å². The summed E-state index contributed by atoms with van der Waals surface area (Å²) in [7, 11) is 0. The molecule has 2 rings (SSSR count). The fourth-order valence-corrected chi connectivity index (χ4v) is 2.15. The second-order valence-corrected chi connectivity index (χ2v) is 5.24. The number of ether oxygens (including phenoxy) is 2. The molecule has 1 N–H and O–H groups in total. The van der Waals surface area contributed by atoms with Crippen molar-refractivity contribution in [3.63, 3.8) is 0 Å². The van der Waals surface area contributed by atoms with E-state index in [1.54, 1.807) is 0 Å². The minimum Gasteiger partial charge on any atom is -0.352 e. The van der Waals surface area contributed by atoms with E-state index in [0.29, 0.717) is 19.6 Å². The van der Waals surface area contributed by atoms with Crippen molar-refractivity contribution in [2.75, 3.05) is 6.61 Å². The predicted octanol–water partition coefficient (Wildman–Crippen LogP) is 2.23. The number of nitrogens with one attached hydrogen (secondary N) is 1. The maximum absolute atomic E-state index is 11.9. The van der Waals surface area contributed by atoms with E-state index in [9.17, 15) is 4.79 Å². The molecule has 1 aromatic carbocycles. The first kappa shape index (κ1) is 14.0. The van der Waals surface area contributed by atoms with E-state index < -0.39 is 5.79 Å². The number of rotatable bonds is 4. The van der Waals surface area contributed by atoms with E-state index in [-0.39, 0.29) is 12.0 Å². The van der Waals surface area contributed by atoms with Crippen LogP contribution in [0.5, 0.6) is 0 Å². The molecule has 0 spiro atoms. The van der Waals surface area contributed by atoms with Gasteiger partial charge in [0.05, 0.1) is 19.1 Å². The van der Waals surface area contributed by atoms with Crippen molar-refractivity contribution in [1.29, 1.82) is 0 Å². The highest BCUT2D eigenvalue weighted by Crippen LogP contribution is 2.23. The molecule has 0 aromatic heterocycles. The molecule has 19 heavy (non-hydrogen) atoms. The van der Waals surface area contributed by atoms with Crippen molar-refractivity contribution in [2.45, 2.75) is 45.1 Å². The third-order valence-corrected chi connectivity index (χ3v) is 3.09. The molecular weight excluding hydrogens is 242 g/mol. The van der Waals surface area contributed by atoms with Crippen LogP contribution in [-0.4, -0.2) is 24.4 Å². The molecule has 104 valence electrons. The van der Waals surface area contributed by atoms with E-state index in [2.05, 4.69) is 5.32 Å². The highest BCUT2D eigenvalue weighted by Gasteiger charge is 2.30. The van der Waals surface area contributed by atoms with Crippen LogP contribution in [0, 0.1) is 0 Å². The Balaban J connectivity index is 1.75. The van der Waals surface area contributed by atoms with Gasteiger partial charge in [0.25, 0.3) is 0 Å². The van der Waals surface area contributed by atoms with Crippen LogP contribution in [0.4, 0.5) is 0 Å². The average molecular weight is 263 g/mol. The molecule has 4 nitrogen and oxygen atoms in total. The first-order valence-electron chi connectivity index (χ1n) is 6.67. The van der Waals surface area contributed by atoms with Gasteiger partial charge in [-0.3, -0.25) is 4.79 Å². The van der Waals surface area contributed by atoms with Gasteiger partial charge in [0.1, 0.15) is 0 Å². The molecule has 1 fully saturated rings. The van der Waals surface area contributed by atoms with Crippen LogP contribution in [0.25, 0.3) is 0 Å². The summed E-state index contributed by atoms with van der Waals surface area (Å²) >= 11 is 0. The molecule has 0 aliphatic carbocycles. The number of carbonyl (C=O) groups is 1. The fourth-order valence-electron chi connectivity index (χ4n) is 2.15. The highest BCUT2D eigenvalue weighted by molar-refractivity contribution is 5.76. The summed E-state index contributed by atoms with van der Waals surface area (Å²) in [5.41, 5.74) is 1.10. The third-order valence-electron chi connectivity index (χ3n) is 3.09. The molecule has 0 saturated carbocycles. The molecule has 1 aliphatic rings. The Morgan fingerprint density at radius 2 is 2.11 bits per heavy atom. The molecule has 1 amide bonds. The zero-order valence-corrected chi connectivity index (χ0v) is 11.5. The summed E-state index contributed by atoms with van der Waals surface area (Å²) in [5.74, 6) is -0.561. The molecule has 1 aromatic rings.